The molecule has 0 heterocycles. The summed E-state index contributed by atoms with van der Waals surface area (Å²) in [6.45, 7) is 6.15. The van der Waals surface area contributed by atoms with E-state index in [0.29, 0.717) is 0 Å². The highest BCUT2D eigenvalue weighted by Crippen LogP contribution is 2.31. The van der Waals surface area contributed by atoms with E-state index in [2.05, 4.69) is 23.1 Å². The lowest BCUT2D eigenvalue weighted by Crippen LogP contribution is -2.34. The minimum atomic E-state index is -0.746. The molecule has 20 heavy (non-hydrogen) atoms. The molecule has 0 saturated heterocycles. The third-order valence-corrected chi connectivity index (χ3v) is 3.76. The van der Waals surface area contributed by atoms with Gasteiger partial charge in [-0.25, -0.2) is 0 Å². The predicted molar refractivity (Wildman–Crippen MR) is 86.3 cm³/mol. The molecule has 1 unspecified atom stereocenters. The molecule has 0 aliphatic rings. The van der Waals surface area contributed by atoms with Crippen molar-refractivity contribution >= 4 is 9.24 Å². The molecule has 0 radical (unpaired) electrons. The Bertz CT molecular complexity index is 499. The summed E-state index contributed by atoms with van der Waals surface area (Å²) in [5.41, 5.74) is 1.68. The molecule has 106 valence electrons. The van der Waals surface area contributed by atoms with Crippen molar-refractivity contribution in [3.63, 3.8) is 0 Å². The van der Waals surface area contributed by atoms with E-state index in [1.54, 1.807) is 0 Å². The van der Waals surface area contributed by atoms with E-state index in [9.17, 15) is 0 Å². The molecule has 0 spiro atoms. The van der Waals surface area contributed by atoms with Crippen LogP contribution in [0, 0.1) is 13.8 Å². The highest BCUT2D eigenvalue weighted by atomic mass is 31.0. The van der Waals surface area contributed by atoms with Gasteiger partial charge in [0.1, 0.15) is 11.5 Å². The number of hydrogen-bond donors (Lipinski definition) is 0. The summed E-state index contributed by atoms with van der Waals surface area (Å²) < 4.78 is 12.0. The minimum absolute atomic E-state index is 0.722. The summed E-state index contributed by atoms with van der Waals surface area (Å²) in [7, 11) is 2.67. The van der Waals surface area contributed by atoms with E-state index in [-0.39, 0.29) is 0 Å². The van der Waals surface area contributed by atoms with Gasteiger partial charge in [0.05, 0.1) is 0 Å². The Balaban J connectivity index is 2.12. The van der Waals surface area contributed by atoms with Crippen LogP contribution in [0.25, 0.3) is 0 Å². The van der Waals surface area contributed by atoms with E-state index >= 15 is 0 Å². The van der Waals surface area contributed by atoms with E-state index < -0.39 is 5.53 Å². The zero-order valence-electron chi connectivity index (χ0n) is 12.2. The first-order valence-corrected chi connectivity index (χ1v) is 7.39. The molecule has 1 atom stereocenters. The largest absolute Gasteiger partial charge is 0.449 e. The van der Waals surface area contributed by atoms with Crippen molar-refractivity contribution in [1.82, 2.24) is 0 Å². The van der Waals surface area contributed by atoms with Crippen LogP contribution in [0.3, 0.4) is 0 Å². The fraction of sp³-hybridized carbons (Fsp3) is 0.294. The third-order valence-electron chi connectivity index (χ3n) is 3.12. The van der Waals surface area contributed by atoms with Crippen LogP contribution in [-0.4, -0.2) is 5.53 Å². The van der Waals surface area contributed by atoms with Crippen molar-refractivity contribution in [2.24, 2.45) is 0 Å². The number of aryl methyl sites for hydroxylation is 2. The topological polar surface area (TPSA) is 18.5 Å². The first-order chi connectivity index (χ1) is 9.50. The monoisotopic (exact) mass is 288 g/mol. The number of rotatable bonds is 5. The van der Waals surface area contributed by atoms with Crippen molar-refractivity contribution in [3.8, 4) is 11.5 Å². The minimum Gasteiger partial charge on any atom is -0.449 e. The van der Waals surface area contributed by atoms with Crippen LogP contribution in [-0.2, 0) is 0 Å². The number of ether oxygens (including phenoxy) is 2. The Kier molecular flexibility index (Phi) is 4.67. The van der Waals surface area contributed by atoms with Crippen LogP contribution in [0.1, 0.15) is 24.5 Å². The fourth-order valence-electron chi connectivity index (χ4n) is 1.78. The highest BCUT2D eigenvalue weighted by Gasteiger charge is 2.26. The Morgan fingerprint density at radius 1 is 0.800 bits per heavy atom. The maximum absolute atomic E-state index is 5.98. The molecule has 0 aromatic heterocycles. The SMILES string of the molecule is CCC(P)(Oc1ccc(C)cc1)Oc1ccc(C)cc1. The molecule has 0 N–H and O–H groups in total. The smallest absolute Gasteiger partial charge is 0.262 e. The van der Waals surface area contributed by atoms with Crippen molar-refractivity contribution in [2.45, 2.75) is 32.7 Å². The van der Waals surface area contributed by atoms with Crippen LogP contribution in [0.4, 0.5) is 0 Å². The second-order valence-corrected chi connectivity index (χ2v) is 5.88. The average Bonchev–Trinajstić information content (AvgIpc) is 2.44. The fourth-order valence-corrected chi connectivity index (χ4v) is 2.05. The van der Waals surface area contributed by atoms with E-state index in [4.69, 9.17) is 9.47 Å². The van der Waals surface area contributed by atoms with Gasteiger partial charge in [0.15, 0.2) is 0 Å². The van der Waals surface area contributed by atoms with Crippen LogP contribution in [0.15, 0.2) is 48.5 Å². The van der Waals surface area contributed by atoms with E-state index in [1.807, 2.05) is 55.5 Å². The molecular weight excluding hydrogens is 267 g/mol. The molecule has 2 rings (SSSR count). The van der Waals surface area contributed by atoms with Crippen LogP contribution >= 0.6 is 9.24 Å². The van der Waals surface area contributed by atoms with Gasteiger partial charge in [-0.05, 0) is 47.4 Å². The molecule has 0 amide bonds. The second kappa shape index (κ2) is 6.28. The van der Waals surface area contributed by atoms with Gasteiger partial charge in [-0.1, -0.05) is 42.3 Å². The van der Waals surface area contributed by atoms with Gasteiger partial charge >= 0.3 is 0 Å². The maximum Gasteiger partial charge on any atom is 0.262 e. The normalized spacial score (nSPS) is 11.2. The van der Waals surface area contributed by atoms with E-state index in [1.165, 1.54) is 11.1 Å². The zero-order valence-corrected chi connectivity index (χ0v) is 13.4. The quantitative estimate of drug-likeness (QED) is 0.586. The molecular formula is C17H21O2P. The van der Waals surface area contributed by atoms with Gasteiger partial charge in [-0.15, -0.1) is 0 Å². The molecule has 2 nitrogen and oxygen atoms in total. The molecule has 0 saturated carbocycles. The number of benzene rings is 2. The predicted octanol–water partition coefficient (Wildman–Crippen LogP) is 4.70. The summed E-state index contributed by atoms with van der Waals surface area (Å²) in [5, 5.41) is 0. The molecule has 0 aliphatic carbocycles. The van der Waals surface area contributed by atoms with Crippen molar-refractivity contribution in [3.05, 3.63) is 59.7 Å². The Morgan fingerprint density at radius 3 is 1.45 bits per heavy atom. The van der Waals surface area contributed by atoms with Crippen molar-refractivity contribution in [2.75, 3.05) is 0 Å². The molecule has 0 bridgehead atoms. The molecule has 0 aliphatic heterocycles. The summed E-state index contributed by atoms with van der Waals surface area (Å²) in [6.07, 6.45) is 0.722. The van der Waals surface area contributed by atoms with Crippen LogP contribution in [0.5, 0.6) is 11.5 Å². The first-order valence-electron chi connectivity index (χ1n) is 6.81. The summed E-state index contributed by atoms with van der Waals surface area (Å²) in [6, 6.07) is 16.0. The maximum atomic E-state index is 5.98. The molecule has 2 aromatic carbocycles. The molecule has 3 heteroatoms. The Hall–Kier alpha value is -1.53. The van der Waals surface area contributed by atoms with Gasteiger partial charge in [-0.2, -0.15) is 0 Å². The lowest BCUT2D eigenvalue weighted by molar-refractivity contribution is -0.0333. The highest BCUT2D eigenvalue weighted by molar-refractivity contribution is 7.18. The van der Waals surface area contributed by atoms with Crippen LogP contribution < -0.4 is 9.47 Å². The Labute approximate surface area is 123 Å². The summed E-state index contributed by atoms with van der Waals surface area (Å²) >= 11 is 0. The summed E-state index contributed by atoms with van der Waals surface area (Å²) in [5.74, 6) is 1.61. The third kappa shape index (κ3) is 3.98. The standard InChI is InChI=1S/C17H21O2P/c1-4-17(20,18-15-9-5-13(2)6-10-15)19-16-11-7-14(3)8-12-16/h5-12H,4,20H2,1-3H3. The van der Waals surface area contributed by atoms with Gasteiger partial charge in [0, 0.05) is 6.42 Å². The molecule has 2 aromatic rings. The zero-order chi connectivity index (χ0) is 14.6. The summed E-state index contributed by atoms with van der Waals surface area (Å²) in [4.78, 5) is 0. The van der Waals surface area contributed by atoms with Crippen molar-refractivity contribution in [1.29, 1.82) is 0 Å². The van der Waals surface area contributed by atoms with E-state index in [0.717, 1.165) is 17.9 Å². The average molecular weight is 288 g/mol. The Morgan fingerprint density at radius 2 is 1.15 bits per heavy atom. The number of hydrogen-bond acceptors (Lipinski definition) is 2. The van der Waals surface area contributed by atoms with Gasteiger partial charge < -0.3 is 9.47 Å². The first kappa shape index (κ1) is 14.9. The van der Waals surface area contributed by atoms with Gasteiger partial charge in [0.2, 0.25) is 0 Å². The molecule has 0 fully saturated rings. The lowest BCUT2D eigenvalue weighted by atomic mass is 10.2. The second-order valence-electron chi connectivity index (χ2n) is 5.00. The van der Waals surface area contributed by atoms with Crippen molar-refractivity contribution < 1.29 is 9.47 Å². The van der Waals surface area contributed by atoms with Gasteiger partial charge in [0.25, 0.3) is 5.53 Å². The van der Waals surface area contributed by atoms with Gasteiger partial charge in [-0.3, -0.25) is 0 Å². The lowest BCUT2D eigenvalue weighted by Gasteiger charge is -2.30. The van der Waals surface area contributed by atoms with Crippen LogP contribution in [0.2, 0.25) is 0 Å².